The highest BCUT2D eigenvalue weighted by Crippen LogP contribution is 2.19. The van der Waals surface area contributed by atoms with Crippen LogP contribution in [0.1, 0.15) is 22.3 Å². The minimum Gasteiger partial charge on any atom is -0.355 e. The van der Waals surface area contributed by atoms with Gasteiger partial charge in [-0.15, -0.1) is 0 Å². The molecule has 3 rings (SSSR count). The number of halogens is 1. The molecule has 0 aliphatic carbocycles. The third-order valence-electron chi connectivity index (χ3n) is 4.81. The Morgan fingerprint density at radius 3 is 2.63 bits per heavy atom. The molecule has 0 radical (unpaired) electrons. The van der Waals surface area contributed by atoms with Gasteiger partial charge in [-0.3, -0.25) is 14.4 Å². The van der Waals surface area contributed by atoms with Gasteiger partial charge in [0.25, 0.3) is 5.91 Å². The van der Waals surface area contributed by atoms with Crippen LogP contribution in [0, 0.1) is 5.92 Å². The standard InChI is InChI=1S/C20H22ClN3O3/c1-23-12-16(4-7-18(23)25)20(27)24-11-9-15(13-24)19(26)22-10-8-14-2-5-17(21)6-3-14/h2-7,12,15H,8-11,13H2,1H3,(H,22,26)/t15-/m1/s1. The van der Waals surface area contributed by atoms with Gasteiger partial charge in [0.15, 0.2) is 0 Å². The van der Waals surface area contributed by atoms with E-state index in [0.717, 1.165) is 12.0 Å². The summed E-state index contributed by atoms with van der Waals surface area (Å²) < 4.78 is 1.38. The number of aromatic nitrogens is 1. The zero-order valence-corrected chi connectivity index (χ0v) is 15.9. The van der Waals surface area contributed by atoms with Gasteiger partial charge in [0.05, 0.1) is 11.5 Å². The minimum atomic E-state index is -0.202. The lowest BCUT2D eigenvalue weighted by Gasteiger charge is -2.17. The van der Waals surface area contributed by atoms with E-state index in [0.29, 0.717) is 36.6 Å². The highest BCUT2D eigenvalue weighted by atomic mass is 35.5. The third kappa shape index (κ3) is 4.77. The number of carbonyl (C=O) groups excluding carboxylic acids is 2. The molecule has 7 heteroatoms. The molecule has 2 aromatic rings. The van der Waals surface area contributed by atoms with E-state index in [2.05, 4.69) is 5.32 Å². The second kappa shape index (κ2) is 8.39. The van der Waals surface area contributed by atoms with Gasteiger partial charge in [-0.05, 0) is 36.6 Å². The van der Waals surface area contributed by atoms with Gasteiger partial charge in [0, 0.05) is 44.0 Å². The third-order valence-corrected chi connectivity index (χ3v) is 5.06. The fraction of sp³-hybridized carbons (Fsp3) is 0.350. The number of likely N-dealkylation sites (tertiary alicyclic amines) is 1. The number of hydrogen-bond acceptors (Lipinski definition) is 3. The van der Waals surface area contributed by atoms with E-state index in [1.54, 1.807) is 11.9 Å². The molecule has 1 fully saturated rings. The van der Waals surface area contributed by atoms with E-state index in [1.165, 1.54) is 22.9 Å². The van der Waals surface area contributed by atoms with Gasteiger partial charge in [-0.25, -0.2) is 0 Å². The van der Waals surface area contributed by atoms with Crippen molar-refractivity contribution in [1.82, 2.24) is 14.8 Å². The number of aryl methyl sites for hydroxylation is 1. The Labute approximate surface area is 162 Å². The Kier molecular flexibility index (Phi) is 5.96. The Morgan fingerprint density at radius 1 is 1.19 bits per heavy atom. The summed E-state index contributed by atoms with van der Waals surface area (Å²) in [5, 5.41) is 3.64. The molecule has 1 aromatic heterocycles. The summed E-state index contributed by atoms with van der Waals surface area (Å²) in [7, 11) is 1.61. The van der Waals surface area contributed by atoms with Gasteiger partial charge in [0.2, 0.25) is 11.5 Å². The predicted octanol–water partition coefficient (Wildman–Crippen LogP) is 1.86. The summed E-state index contributed by atoms with van der Waals surface area (Å²) >= 11 is 5.86. The number of carbonyl (C=O) groups is 2. The van der Waals surface area contributed by atoms with Crippen molar-refractivity contribution in [1.29, 1.82) is 0 Å². The quantitative estimate of drug-likeness (QED) is 0.851. The average molecular weight is 388 g/mol. The lowest BCUT2D eigenvalue weighted by Crippen LogP contribution is -2.35. The molecule has 0 saturated carbocycles. The van der Waals surface area contributed by atoms with Crippen molar-refractivity contribution in [3.8, 4) is 0 Å². The molecule has 2 amide bonds. The van der Waals surface area contributed by atoms with Crippen molar-refractivity contribution in [2.45, 2.75) is 12.8 Å². The van der Waals surface area contributed by atoms with Gasteiger partial charge in [-0.2, -0.15) is 0 Å². The van der Waals surface area contributed by atoms with Crippen LogP contribution in [0.5, 0.6) is 0 Å². The van der Waals surface area contributed by atoms with Gasteiger partial charge in [-0.1, -0.05) is 23.7 Å². The molecule has 142 valence electrons. The minimum absolute atomic E-state index is 0.0280. The first-order valence-electron chi connectivity index (χ1n) is 8.92. The number of hydrogen-bond donors (Lipinski definition) is 1. The maximum absolute atomic E-state index is 12.6. The predicted molar refractivity (Wildman–Crippen MR) is 104 cm³/mol. The highest BCUT2D eigenvalue weighted by Gasteiger charge is 2.31. The highest BCUT2D eigenvalue weighted by molar-refractivity contribution is 6.30. The topological polar surface area (TPSA) is 71.4 Å². The van der Waals surface area contributed by atoms with Gasteiger partial charge < -0.3 is 14.8 Å². The van der Waals surface area contributed by atoms with Crippen LogP contribution in [0.2, 0.25) is 5.02 Å². The first kappa shape index (κ1) is 19.2. The van der Waals surface area contributed by atoms with Crippen LogP contribution in [0.4, 0.5) is 0 Å². The zero-order valence-electron chi connectivity index (χ0n) is 15.2. The van der Waals surface area contributed by atoms with Crippen LogP contribution in [0.3, 0.4) is 0 Å². The van der Waals surface area contributed by atoms with Crippen LogP contribution in [0.25, 0.3) is 0 Å². The van der Waals surface area contributed by atoms with Crippen molar-refractivity contribution < 1.29 is 9.59 Å². The lowest BCUT2D eigenvalue weighted by atomic mass is 10.1. The molecule has 0 unspecified atom stereocenters. The van der Waals surface area contributed by atoms with Crippen molar-refractivity contribution in [2.75, 3.05) is 19.6 Å². The molecule has 0 bridgehead atoms. The molecule has 1 atom stereocenters. The zero-order chi connectivity index (χ0) is 19.4. The smallest absolute Gasteiger partial charge is 0.255 e. The van der Waals surface area contributed by atoms with Crippen molar-refractivity contribution in [3.63, 3.8) is 0 Å². The molecule has 1 N–H and O–H groups in total. The van der Waals surface area contributed by atoms with E-state index < -0.39 is 0 Å². The van der Waals surface area contributed by atoms with Crippen LogP contribution >= 0.6 is 11.6 Å². The summed E-state index contributed by atoms with van der Waals surface area (Å²) in [6, 6.07) is 10.5. The van der Waals surface area contributed by atoms with Crippen molar-refractivity contribution >= 4 is 23.4 Å². The summed E-state index contributed by atoms with van der Waals surface area (Å²) in [5.74, 6) is -0.381. The molecule has 6 nitrogen and oxygen atoms in total. The largest absolute Gasteiger partial charge is 0.355 e. The Bertz CT molecular complexity index is 892. The fourth-order valence-electron chi connectivity index (χ4n) is 3.19. The first-order valence-corrected chi connectivity index (χ1v) is 9.30. The molecule has 0 spiro atoms. The van der Waals surface area contributed by atoms with Crippen LogP contribution in [-0.4, -0.2) is 40.9 Å². The van der Waals surface area contributed by atoms with E-state index in [1.807, 2.05) is 24.3 Å². The normalized spacial score (nSPS) is 16.4. The number of nitrogens with zero attached hydrogens (tertiary/aromatic N) is 2. The number of benzene rings is 1. The molecular formula is C20H22ClN3O3. The van der Waals surface area contributed by atoms with Crippen LogP contribution in [0.15, 0.2) is 47.4 Å². The van der Waals surface area contributed by atoms with E-state index in [4.69, 9.17) is 11.6 Å². The second-order valence-electron chi connectivity index (χ2n) is 6.77. The monoisotopic (exact) mass is 387 g/mol. The number of pyridine rings is 1. The Balaban J connectivity index is 1.50. The number of rotatable bonds is 5. The van der Waals surface area contributed by atoms with Gasteiger partial charge >= 0.3 is 0 Å². The van der Waals surface area contributed by atoms with Gasteiger partial charge in [0.1, 0.15) is 0 Å². The average Bonchev–Trinajstić information content (AvgIpc) is 3.15. The Hall–Kier alpha value is -2.60. The maximum atomic E-state index is 12.6. The molecule has 1 aliphatic heterocycles. The SMILES string of the molecule is Cn1cc(C(=O)N2CC[C@@H](C(=O)NCCc3ccc(Cl)cc3)C2)ccc1=O. The first-order chi connectivity index (χ1) is 12.9. The van der Waals surface area contributed by atoms with E-state index in [9.17, 15) is 14.4 Å². The summed E-state index contributed by atoms with van der Waals surface area (Å²) in [6.45, 7) is 1.48. The van der Waals surface area contributed by atoms with Crippen LogP contribution in [-0.2, 0) is 18.3 Å². The molecular weight excluding hydrogens is 366 g/mol. The summed E-state index contributed by atoms with van der Waals surface area (Å²) in [4.78, 5) is 38.1. The molecule has 1 aliphatic rings. The van der Waals surface area contributed by atoms with Crippen LogP contribution < -0.4 is 10.9 Å². The molecule has 1 aromatic carbocycles. The second-order valence-corrected chi connectivity index (χ2v) is 7.21. The summed E-state index contributed by atoms with van der Waals surface area (Å²) in [6.07, 6.45) is 2.91. The number of nitrogens with one attached hydrogen (secondary N) is 1. The van der Waals surface area contributed by atoms with Crippen molar-refractivity contribution in [2.24, 2.45) is 13.0 Å². The molecule has 2 heterocycles. The fourth-order valence-corrected chi connectivity index (χ4v) is 3.31. The van der Waals surface area contributed by atoms with Crippen molar-refractivity contribution in [3.05, 3.63) is 69.1 Å². The summed E-state index contributed by atoms with van der Waals surface area (Å²) in [5.41, 5.74) is 1.41. The molecule has 1 saturated heterocycles. The number of amides is 2. The Morgan fingerprint density at radius 2 is 1.93 bits per heavy atom. The lowest BCUT2D eigenvalue weighted by molar-refractivity contribution is -0.124. The maximum Gasteiger partial charge on any atom is 0.255 e. The molecule has 27 heavy (non-hydrogen) atoms. The van der Waals surface area contributed by atoms with E-state index >= 15 is 0 Å². The van der Waals surface area contributed by atoms with E-state index in [-0.39, 0.29) is 23.3 Å².